The fourth-order valence-corrected chi connectivity index (χ4v) is 0.512. The Morgan fingerprint density at radius 1 is 1.67 bits per heavy atom. The van der Waals surface area contributed by atoms with Gasteiger partial charge in [-0.05, 0) is 13.0 Å². The average Bonchev–Trinajstić information content (AvgIpc) is 1.91. The number of ether oxygens (including phenoxy) is 1. The van der Waals surface area contributed by atoms with Crippen molar-refractivity contribution < 1.29 is 4.74 Å². The summed E-state index contributed by atoms with van der Waals surface area (Å²) in [4.78, 5) is 0. The number of hydrogen-bond donors (Lipinski definition) is 0. The van der Waals surface area contributed by atoms with Crippen LogP contribution in [0.25, 0.3) is 0 Å². The first-order chi connectivity index (χ1) is 4.43. The first-order valence-electron chi connectivity index (χ1n) is 2.84. The van der Waals surface area contributed by atoms with Gasteiger partial charge in [0.25, 0.3) is 0 Å². The molecule has 3 heteroatoms. The summed E-state index contributed by atoms with van der Waals surface area (Å²) < 4.78 is 5.03. The molecule has 0 spiro atoms. The second-order valence-electron chi connectivity index (χ2n) is 1.49. The van der Waals surface area contributed by atoms with Gasteiger partial charge < -0.3 is 4.74 Å². The van der Waals surface area contributed by atoms with Crippen LogP contribution >= 0.6 is 0 Å². The molecule has 0 aliphatic carbocycles. The Morgan fingerprint density at radius 2 is 2.56 bits per heavy atom. The monoisotopic (exact) mass is 124 g/mol. The Labute approximate surface area is 53.7 Å². The van der Waals surface area contributed by atoms with E-state index in [1.54, 1.807) is 18.3 Å². The smallest absolute Gasteiger partial charge is 0.233 e. The van der Waals surface area contributed by atoms with Crippen LogP contribution in [0.3, 0.4) is 0 Å². The van der Waals surface area contributed by atoms with Crippen LogP contribution in [0.2, 0.25) is 0 Å². The first-order valence-corrected chi connectivity index (χ1v) is 2.84. The highest BCUT2D eigenvalue weighted by Gasteiger charge is 1.87. The van der Waals surface area contributed by atoms with Crippen molar-refractivity contribution in [1.29, 1.82) is 0 Å². The minimum atomic E-state index is 0.583. The summed E-state index contributed by atoms with van der Waals surface area (Å²) in [6.07, 6.45) is 1.61. The van der Waals surface area contributed by atoms with Crippen LogP contribution in [-0.2, 0) is 0 Å². The van der Waals surface area contributed by atoms with Crippen LogP contribution in [0, 0.1) is 0 Å². The minimum Gasteiger partial charge on any atom is -0.477 e. The molecule has 0 bridgehead atoms. The molecule has 0 unspecified atom stereocenters. The van der Waals surface area contributed by atoms with E-state index in [-0.39, 0.29) is 0 Å². The Morgan fingerprint density at radius 3 is 3.11 bits per heavy atom. The fraction of sp³-hybridized carbons (Fsp3) is 0.333. The summed E-state index contributed by atoms with van der Waals surface area (Å²) in [7, 11) is 0. The SMILES string of the molecule is CCOc1cccnn1. The van der Waals surface area contributed by atoms with Gasteiger partial charge >= 0.3 is 0 Å². The summed E-state index contributed by atoms with van der Waals surface area (Å²) in [5.74, 6) is 0.583. The molecule has 0 aliphatic rings. The normalized spacial score (nSPS) is 9.00. The third-order valence-electron chi connectivity index (χ3n) is 0.840. The zero-order valence-electron chi connectivity index (χ0n) is 5.24. The van der Waals surface area contributed by atoms with Crippen molar-refractivity contribution in [1.82, 2.24) is 10.2 Å². The van der Waals surface area contributed by atoms with Crippen molar-refractivity contribution in [2.75, 3.05) is 6.61 Å². The van der Waals surface area contributed by atoms with Gasteiger partial charge in [0.05, 0.1) is 6.61 Å². The Kier molecular flexibility index (Phi) is 2.01. The largest absolute Gasteiger partial charge is 0.477 e. The number of hydrogen-bond acceptors (Lipinski definition) is 3. The van der Waals surface area contributed by atoms with E-state index in [2.05, 4.69) is 10.2 Å². The van der Waals surface area contributed by atoms with E-state index in [1.165, 1.54) is 0 Å². The van der Waals surface area contributed by atoms with Crippen LogP contribution < -0.4 is 4.74 Å². The van der Waals surface area contributed by atoms with Gasteiger partial charge in [0.15, 0.2) is 0 Å². The van der Waals surface area contributed by atoms with Gasteiger partial charge in [0, 0.05) is 12.3 Å². The van der Waals surface area contributed by atoms with Crippen molar-refractivity contribution in [2.45, 2.75) is 6.92 Å². The maximum atomic E-state index is 5.03. The topological polar surface area (TPSA) is 35.0 Å². The van der Waals surface area contributed by atoms with Crippen molar-refractivity contribution in [3.63, 3.8) is 0 Å². The van der Waals surface area contributed by atoms with Crippen LogP contribution in [0.1, 0.15) is 6.92 Å². The predicted molar refractivity (Wildman–Crippen MR) is 33.2 cm³/mol. The van der Waals surface area contributed by atoms with E-state index < -0.39 is 0 Å². The van der Waals surface area contributed by atoms with Crippen molar-refractivity contribution in [2.24, 2.45) is 0 Å². The lowest BCUT2D eigenvalue weighted by Gasteiger charge is -1.96. The highest BCUT2D eigenvalue weighted by atomic mass is 16.5. The molecule has 0 amide bonds. The van der Waals surface area contributed by atoms with Gasteiger partial charge in [-0.2, -0.15) is 5.10 Å². The molecule has 1 rings (SSSR count). The molecule has 1 heterocycles. The molecule has 3 nitrogen and oxygen atoms in total. The molecule has 0 radical (unpaired) electrons. The van der Waals surface area contributed by atoms with Crippen molar-refractivity contribution in [3.8, 4) is 5.88 Å². The zero-order valence-corrected chi connectivity index (χ0v) is 5.24. The van der Waals surface area contributed by atoms with Crippen molar-refractivity contribution >= 4 is 0 Å². The third kappa shape index (κ3) is 1.68. The molecule has 9 heavy (non-hydrogen) atoms. The van der Waals surface area contributed by atoms with E-state index in [0.29, 0.717) is 12.5 Å². The number of rotatable bonds is 2. The molecule has 0 aromatic carbocycles. The average molecular weight is 124 g/mol. The van der Waals surface area contributed by atoms with Gasteiger partial charge in [-0.1, -0.05) is 0 Å². The first kappa shape index (κ1) is 6.01. The van der Waals surface area contributed by atoms with Crippen LogP contribution in [0.5, 0.6) is 5.88 Å². The number of aromatic nitrogens is 2. The van der Waals surface area contributed by atoms with E-state index >= 15 is 0 Å². The quantitative estimate of drug-likeness (QED) is 0.587. The summed E-state index contributed by atoms with van der Waals surface area (Å²) >= 11 is 0. The number of nitrogens with zero attached hydrogens (tertiary/aromatic N) is 2. The van der Waals surface area contributed by atoms with Gasteiger partial charge in [0.1, 0.15) is 0 Å². The molecule has 0 saturated carbocycles. The zero-order chi connectivity index (χ0) is 6.53. The summed E-state index contributed by atoms with van der Waals surface area (Å²) in [5, 5.41) is 7.32. The van der Waals surface area contributed by atoms with Crippen molar-refractivity contribution in [3.05, 3.63) is 18.3 Å². The highest BCUT2D eigenvalue weighted by Crippen LogP contribution is 1.99. The molecule has 0 aliphatic heterocycles. The second-order valence-corrected chi connectivity index (χ2v) is 1.49. The lowest BCUT2D eigenvalue weighted by molar-refractivity contribution is 0.322. The molecule has 0 N–H and O–H groups in total. The molecular weight excluding hydrogens is 116 g/mol. The van der Waals surface area contributed by atoms with Gasteiger partial charge in [-0.25, -0.2) is 0 Å². The van der Waals surface area contributed by atoms with Crippen LogP contribution in [0.15, 0.2) is 18.3 Å². The molecule has 1 aromatic rings. The minimum absolute atomic E-state index is 0.583. The lowest BCUT2D eigenvalue weighted by Crippen LogP contribution is -1.94. The van der Waals surface area contributed by atoms with Gasteiger partial charge in [0.2, 0.25) is 5.88 Å². The highest BCUT2D eigenvalue weighted by molar-refractivity contribution is 5.04. The molecule has 0 fully saturated rings. The lowest BCUT2D eigenvalue weighted by atomic mass is 10.6. The van der Waals surface area contributed by atoms with Gasteiger partial charge in [-0.3, -0.25) is 0 Å². The van der Waals surface area contributed by atoms with E-state index in [0.717, 1.165) is 0 Å². The maximum absolute atomic E-state index is 5.03. The van der Waals surface area contributed by atoms with E-state index in [1.807, 2.05) is 6.92 Å². The molecule has 0 atom stereocenters. The summed E-state index contributed by atoms with van der Waals surface area (Å²) in [6, 6.07) is 3.56. The molecule has 0 saturated heterocycles. The fourth-order valence-electron chi connectivity index (χ4n) is 0.512. The Balaban J connectivity index is 2.61. The summed E-state index contributed by atoms with van der Waals surface area (Å²) in [5.41, 5.74) is 0. The third-order valence-corrected chi connectivity index (χ3v) is 0.840. The van der Waals surface area contributed by atoms with Crippen LogP contribution in [0.4, 0.5) is 0 Å². The summed E-state index contributed by atoms with van der Waals surface area (Å²) in [6.45, 7) is 2.55. The maximum Gasteiger partial charge on any atom is 0.233 e. The molecular formula is C6H8N2O. The standard InChI is InChI=1S/C6H8N2O/c1-2-9-6-4-3-5-7-8-6/h3-5H,2H2,1H3. The van der Waals surface area contributed by atoms with E-state index in [4.69, 9.17) is 4.74 Å². The molecule has 1 aromatic heterocycles. The molecule has 48 valence electrons. The second kappa shape index (κ2) is 3.02. The Bertz CT molecular complexity index is 164. The predicted octanol–water partition coefficient (Wildman–Crippen LogP) is 0.875. The van der Waals surface area contributed by atoms with Gasteiger partial charge in [-0.15, -0.1) is 5.10 Å². The Hall–Kier alpha value is -1.12. The van der Waals surface area contributed by atoms with Crippen LogP contribution in [-0.4, -0.2) is 16.8 Å². The van der Waals surface area contributed by atoms with E-state index in [9.17, 15) is 0 Å².